The highest BCUT2D eigenvalue weighted by molar-refractivity contribution is 5.94. The predicted octanol–water partition coefficient (Wildman–Crippen LogP) is 2.73. The molecule has 1 aromatic carbocycles. The summed E-state index contributed by atoms with van der Waals surface area (Å²) in [6.45, 7) is 2.04. The SMILES string of the molecule is O=C(c1ccccc1)N1CCC2(CC1)c1nc[nH]c1CCN2C(=O)C1CCC1. The first-order valence-electron chi connectivity index (χ1n) is 10.4. The molecule has 6 heteroatoms. The Bertz CT molecular complexity index is 879. The standard InChI is InChI=1S/C22H26N4O2/c27-20(16-5-2-1-3-6-16)25-13-10-22(11-14-25)19-18(23-15-24-19)9-12-26(22)21(28)17-7-4-8-17/h1-3,5-6,15,17H,4,7-14H2,(H,23,24). The van der Waals surface area contributed by atoms with Crippen molar-refractivity contribution in [1.29, 1.82) is 0 Å². The van der Waals surface area contributed by atoms with E-state index in [2.05, 4.69) is 14.9 Å². The van der Waals surface area contributed by atoms with Crippen LogP contribution in [0, 0.1) is 5.92 Å². The van der Waals surface area contributed by atoms with Crippen molar-refractivity contribution >= 4 is 11.8 Å². The van der Waals surface area contributed by atoms with Crippen molar-refractivity contribution in [3.8, 4) is 0 Å². The third-order valence-electron chi connectivity index (χ3n) is 6.88. The quantitative estimate of drug-likeness (QED) is 0.874. The lowest BCUT2D eigenvalue weighted by Gasteiger charge is -2.51. The molecular formula is C22H26N4O2. The molecule has 1 aromatic heterocycles. The molecule has 3 aliphatic rings. The van der Waals surface area contributed by atoms with Gasteiger partial charge in [-0.2, -0.15) is 0 Å². The van der Waals surface area contributed by atoms with Crippen LogP contribution in [0.3, 0.4) is 0 Å². The van der Waals surface area contributed by atoms with E-state index in [4.69, 9.17) is 0 Å². The van der Waals surface area contributed by atoms with Crippen LogP contribution in [0.25, 0.3) is 0 Å². The average Bonchev–Trinajstić information content (AvgIpc) is 3.18. The fraction of sp³-hybridized carbons (Fsp3) is 0.500. The Balaban J connectivity index is 1.41. The number of aromatic nitrogens is 2. The Morgan fingerprint density at radius 2 is 1.82 bits per heavy atom. The van der Waals surface area contributed by atoms with Crippen LogP contribution in [0.4, 0.5) is 0 Å². The average molecular weight is 378 g/mol. The normalized spacial score (nSPS) is 21.3. The van der Waals surface area contributed by atoms with Gasteiger partial charge in [0.1, 0.15) is 0 Å². The molecule has 5 rings (SSSR count). The van der Waals surface area contributed by atoms with Crippen LogP contribution in [-0.2, 0) is 16.8 Å². The Morgan fingerprint density at radius 3 is 2.50 bits per heavy atom. The van der Waals surface area contributed by atoms with Gasteiger partial charge in [0.05, 0.1) is 17.6 Å². The summed E-state index contributed by atoms with van der Waals surface area (Å²) in [4.78, 5) is 38.1. The maximum absolute atomic E-state index is 13.2. The second-order valence-corrected chi connectivity index (χ2v) is 8.29. The van der Waals surface area contributed by atoms with E-state index in [1.165, 1.54) is 0 Å². The molecule has 1 aliphatic carbocycles. The highest BCUT2D eigenvalue weighted by Gasteiger charge is 2.50. The van der Waals surface area contributed by atoms with E-state index in [-0.39, 0.29) is 17.4 Å². The summed E-state index contributed by atoms with van der Waals surface area (Å²) in [6.07, 6.45) is 7.27. The molecule has 2 aromatic rings. The van der Waals surface area contributed by atoms with Gasteiger partial charge in [0.2, 0.25) is 5.91 Å². The van der Waals surface area contributed by atoms with Crippen LogP contribution in [-0.4, -0.2) is 51.2 Å². The van der Waals surface area contributed by atoms with Crippen molar-refractivity contribution in [1.82, 2.24) is 19.8 Å². The van der Waals surface area contributed by atoms with E-state index < -0.39 is 0 Å². The number of aromatic amines is 1. The Labute approximate surface area is 164 Å². The number of rotatable bonds is 2. The predicted molar refractivity (Wildman–Crippen MR) is 105 cm³/mol. The molecule has 0 atom stereocenters. The molecule has 28 heavy (non-hydrogen) atoms. The van der Waals surface area contributed by atoms with Gasteiger partial charge in [0.25, 0.3) is 5.91 Å². The second kappa shape index (κ2) is 6.76. The van der Waals surface area contributed by atoms with Gasteiger partial charge in [-0.3, -0.25) is 9.59 Å². The highest BCUT2D eigenvalue weighted by atomic mass is 16.2. The van der Waals surface area contributed by atoms with Gasteiger partial charge in [-0.1, -0.05) is 24.6 Å². The number of hydrogen-bond donors (Lipinski definition) is 1. The third-order valence-corrected chi connectivity index (χ3v) is 6.88. The highest BCUT2D eigenvalue weighted by Crippen LogP contribution is 2.44. The molecule has 1 spiro atoms. The number of fused-ring (bicyclic) bond motifs is 2. The minimum Gasteiger partial charge on any atom is -0.348 e. The lowest BCUT2D eigenvalue weighted by atomic mass is 9.76. The summed E-state index contributed by atoms with van der Waals surface area (Å²) in [7, 11) is 0. The number of nitrogens with zero attached hydrogens (tertiary/aromatic N) is 3. The number of carbonyl (C=O) groups is 2. The monoisotopic (exact) mass is 378 g/mol. The number of hydrogen-bond acceptors (Lipinski definition) is 3. The molecule has 2 fully saturated rings. The lowest BCUT2D eigenvalue weighted by Crippen LogP contribution is -2.60. The number of amides is 2. The number of nitrogens with one attached hydrogen (secondary N) is 1. The van der Waals surface area contributed by atoms with Crippen molar-refractivity contribution in [3.05, 3.63) is 53.6 Å². The topological polar surface area (TPSA) is 69.3 Å². The van der Waals surface area contributed by atoms with Crippen LogP contribution in [0.5, 0.6) is 0 Å². The Kier molecular flexibility index (Phi) is 4.22. The van der Waals surface area contributed by atoms with Crippen LogP contribution < -0.4 is 0 Å². The van der Waals surface area contributed by atoms with Crippen molar-refractivity contribution in [3.63, 3.8) is 0 Å². The Hall–Kier alpha value is -2.63. The van der Waals surface area contributed by atoms with E-state index >= 15 is 0 Å². The van der Waals surface area contributed by atoms with Crippen LogP contribution in [0.15, 0.2) is 36.7 Å². The summed E-state index contributed by atoms with van der Waals surface area (Å²) >= 11 is 0. The maximum atomic E-state index is 13.2. The van der Waals surface area contributed by atoms with Gasteiger partial charge in [-0.05, 0) is 37.8 Å². The van der Waals surface area contributed by atoms with Gasteiger partial charge < -0.3 is 14.8 Å². The molecule has 1 saturated carbocycles. The zero-order valence-electron chi connectivity index (χ0n) is 16.1. The fourth-order valence-electron chi connectivity index (χ4n) is 5.02. The minimum atomic E-state index is -0.367. The lowest BCUT2D eigenvalue weighted by molar-refractivity contribution is -0.148. The second-order valence-electron chi connectivity index (χ2n) is 8.29. The van der Waals surface area contributed by atoms with Gasteiger partial charge >= 0.3 is 0 Å². The maximum Gasteiger partial charge on any atom is 0.253 e. The van der Waals surface area contributed by atoms with Gasteiger partial charge in [0, 0.05) is 43.2 Å². The van der Waals surface area contributed by atoms with E-state index in [1.807, 2.05) is 35.2 Å². The molecule has 2 aliphatic heterocycles. The summed E-state index contributed by atoms with van der Waals surface area (Å²) in [5, 5.41) is 0. The zero-order valence-corrected chi connectivity index (χ0v) is 16.1. The molecule has 2 amide bonds. The van der Waals surface area contributed by atoms with Crippen molar-refractivity contribution in [2.75, 3.05) is 19.6 Å². The first-order chi connectivity index (χ1) is 13.7. The fourth-order valence-corrected chi connectivity index (χ4v) is 5.02. The number of piperidine rings is 1. The molecule has 1 N–H and O–H groups in total. The first kappa shape index (κ1) is 17.5. The molecule has 6 nitrogen and oxygen atoms in total. The van der Waals surface area contributed by atoms with Gasteiger partial charge in [0.15, 0.2) is 0 Å². The number of carbonyl (C=O) groups excluding carboxylic acids is 2. The third kappa shape index (κ3) is 2.65. The first-order valence-corrected chi connectivity index (χ1v) is 10.4. The summed E-state index contributed by atoms with van der Waals surface area (Å²) in [5.74, 6) is 0.550. The van der Waals surface area contributed by atoms with E-state index in [9.17, 15) is 9.59 Å². The Morgan fingerprint density at radius 1 is 1.07 bits per heavy atom. The number of likely N-dealkylation sites (tertiary alicyclic amines) is 1. The number of H-pyrrole nitrogens is 1. The van der Waals surface area contributed by atoms with E-state index in [0.717, 1.165) is 62.0 Å². The van der Waals surface area contributed by atoms with Gasteiger partial charge in [-0.25, -0.2) is 4.98 Å². The van der Waals surface area contributed by atoms with Crippen molar-refractivity contribution < 1.29 is 9.59 Å². The van der Waals surface area contributed by atoms with Crippen molar-refractivity contribution in [2.45, 2.75) is 44.1 Å². The molecule has 1 saturated heterocycles. The van der Waals surface area contributed by atoms with E-state index in [1.54, 1.807) is 6.33 Å². The van der Waals surface area contributed by atoms with Gasteiger partial charge in [-0.15, -0.1) is 0 Å². The van der Waals surface area contributed by atoms with Crippen LogP contribution in [0.1, 0.15) is 53.8 Å². The molecule has 0 radical (unpaired) electrons. The van der Waals surface area contributed by atoms with Crippen LogP contribution in [0.2, 0.25) is 0 Å². The number of imidazole rings is 1. The molecule has 0 bridgehead atoms. The largest absolute Gasteiger partial charge is 0.348 e. The summed E-state index contributed by atoms with van der Waals surface area (Å²) in [6, 6.07) is 9.45. The minimum absolute atomic E-state index is 0.0744. The van der Waals surface area contributed by atoms with Crippen molar-refractivity contribution in [2.24, 2.45) is 5.92 Å². The molecule has 146 valence electrons. The van der Waals surface area contributed by atoms with Crippen LogP contribution >= 0.6 is 0 Å². The zero-order chi connectivity index (χ0) is 19.1. The molecule has 3 heterocycles. The molecular weight excluding hydrogens is 352 g/mol. The van der Waals surface area contributed by atoms with E-state index in [0.29, 0.717) is 19.0 Å². The smallest absolute Gasteiger partial charge is 0.253 e. The summed E-state index contributed by atoms with van der Waals surface area (Å²) < 4.78 is 0. The number of benzene rings is 1. The summed E-state index contributed by atoms with van der Waals surface area (Å²) in [5.41, 5.74) is 2.54. The molecule has 0 unspecified atom stereocenters.